The first kappa shape index (κ1) is 17.5. The van der Waals surface area contributed by atoms with Crippen LogP contribution in [-0.2, 0) is 0 Å². The summed E-state index contributed by atoms with van der Waals surface area (Å²) in [7, 11) is 0. The first-order valence-corrected chi connectivity index (χ1v) is 8.88. The number of piperidine rings is 1. The maximum Gasteiger partial charge on any atom is 0.119 e. The molecule has 4 nitrogen and oxygen atoms in total. The highest BCUT2D eigenvalue weighted by Crippen LogP contribution is 2.23. The van der Waals surface area contributed by atoms with Gasteiger partial charge in [-0.1, -0.05) is 30.7 Å². The van der Waals surface area contributed by atoms with Crippen LogP contribution >= 0.6 is 0 Å². The Morgan fingerprint density at radius 3 is 2.16 bits per heavy atom. The molecule has 0 bridgehead atoms. The van der Waals surface area contributed by atoms with Crippen LogP contribution in [0.15, 0.2) is 48.5 Å². The van der Waals surface area contributed by atoms with Crippen LogP contribution in [0.3, 0.4) is 0 Å². The van der Waals surface area contributed by atoms with Crippen LogP contribution in [0.25, 0.3) is 11.1 Å². The fraction of sp³-hybridized carbons (Fsp3) is 0.381. The van der Waals surface area contributed by atoms with E-state index in [1.165, 1.54) is 19.3 Å². The summed E-state index contributed by atoms with van der Waals surface area (Å²) in [5, 5.41) is 19.0. The summed E-state index contributed by atoms with van der Waals surface area (Å²) in [6, 6.07) is 17.5. The molecule has 0 radical (unpaired) electrons. The molecule has 25 heavy (non-hydrogen) atoms. The van der Waals surface area contributed by atoms with Gasteiger partial charge in [0.15, 0.2) is 0 Å². The largest absolute Gasteiger partial charge is 0.491 e. The standard InChI is InChI=1S/C21H24N2O2/c22-14-17-4-6-18(7-5-17)19-8-10-21(11-9-19)25-16-20(24)15-23-12-2-1-3-13-23/h4-11,20,24H,1-3,12-13,15-16H2/t20-/m1/s1. The van der Waals surface area contributed by atoms with Crippen LogP contribution < -0.4 is 4.74 Å². The number of hydrogen-bond acceptors (Lipinski definition) is 4. The SMILES string of the molecule is N#Cc1ccc(-c2ccc(OC[C@H](O)CN3CCCCC3)cc2)cc1. The number of benzene rings is 2. The quantitative estimate of drug-likeness (QED) is 0.878. The average Bonchev–Trinajstić information content (AvgIpc) is 2.68. The van der Waals surface area contributed by atoms with Gasteiger partial charge >= 0.3 is 0 Å². The van der Waals surface area contributed by atoms with Crippen molar-refractivity contribution in [3.63, 3.8) is 0 Å². The third-order valence-corrected chi connectivity index (χ3v) is 4.56. The molecule has 130 valence electrons. The minimum absolute atomic E-state index is 0.312. The Balaban J connectivity index is 1.50. The molecule has 1 saturated heterocycles. The molecule has 0 saturated carbocycles. The van der Waals surface area contributed by atoms with Crippen LogP contribution in [0.2, 0.25) is 0 Å². The van der Waals surface area contributed by atoms with Crippen molar-refractivity contribution in [3.05, 3.63) is 54.1 Å². The zero-order valence-electron chi connectivity index (χ0n) is 14.4. The van der Waals surface area contributed by atoms with E-state index in [1.54, 1.807) is 0 Å². The fourth-order valence-electron chi connectivity index (χ4n) is 3.17. The molecule has 2 aromatic rings. The van der Waals surface area contributed by atoms with Gasteiger partial charge in [0.05, 0.1) is 11.6 Å². The monoisotopic (exact) mass is 336 g/mol. The zero-order valence-corrected chi connectivity index (χ0v) is 14.4. The van der Waals surface area contributed by atoms with Crippen molar-refractivity contribution in [1.82, 2.24) is 4.90 Å². The van der Waals surface area contributed by atoms with Crippen molar-refractivity contribution in [3.8, 4) is 22.9 Å². The van der Waals surface area contributed by atoms with Crippen LogP contribution in [0.4, 0.5) is 0 Å². The number of hydrogen-bond donors (Lipinski definition) is 1. The number of aliphatic hydroxyl groups is 1. The summed E-state index contributed by atoms with van der Waals surface area (Å²) in [4.78, 5) is 2.31. The van der Waals surface area contributed by atoms with Gasteiger partial charge in [0.25, 0.3) is 0 Å². The molecule has 1 N–H and O–H groups in total. The van der Waals surface area contributed by atoms with Crippen molar-refractivity contribution < 1.29 is 9.84 Å². The third-order valence-electron chi connectivity index (χ3n) is 4.56. The number of likely N-dealkylation sites (tertiary alicyclic amines) is 1. The topological polar surface area (TPSA) is 56.5 Å². The second-order valence-electron chi connectivity index (χ2n) is 6.54. The Kier molecular flexibility index (Phi) is 6.05. The number of nitrogens with zero attached hydrogens (tertiary/aromatic N) is 2. The second-order valence-corrected chi connectivity index (χ2v) is 6.54. The van der Waals surface area contributed by atoms with Gasteiger partial charge in [0.1, 0.15) is 18.5 Å². The first-order valence-electron chi connectivity index (χ1n) is 8.88. The first-order chi connectivity index (χ1) is 12.2. The molecule has 0 aromatic heterocycles. The normalized spacial score (nSPS) is 16.2. The van der Waals surface area contributed by atoms with E-state index in [0.29, 0.717) is 18.7 Å². The summed E-state index contributed by atoms with van der Waals surface area (Å²) in [6.07, 6.45) is 3.29. The van der Waals surface area contributed by atoms with E-state index in [-0.39, 0.29) is 0 Å². The molecule has 1 aliphatic rings. The predicted molar refractivity (Wildman–Crippen MR) is 98.4 cm³/mol. The lowest BCUT2D eigenvalue weighted by atomic mass is 10.0. The Bertz CT molecular complexity index is 698. The van der Waals surface area contributed by atoms with E-state index < -0.39 is 6.10 Å². The van der Waals surface area contributed by atoms with Crippen molar-refractivity contribution in [2.45, 2.75) is 25.4 Å². The zero-order chi connectivity index (χ0) is 17.5. The lowest BCUT2D eigenvalue weighted by Gasteiger charge is -2.28. The van der Waals surface area contributed by atoms with Gasteiger partial charge < -0.3 is 14.7 Å². The van der Waals surface area contributed by atoms with Gasteiger partial charge in [-0.05, 0) is 61.3 Å². The number of β-amino-alcohol motifs (C(OH)–C–C–N with tert-alkyl or cyclic N) is 1. The average molecular weight is 336 g/mol. The summed E-state index contributed by atoms with van der Waals surface area (Å²) in [5.74, 6) is 0.759. The van der Waals surface area contributed by atoms with E-state index in [2.05, 4.69) is 11.0 Å². The van der Waals surface area contributed by atoms with Gasteiger partial charge in [0.2, 0.25) is 0 Å². The van der Waals surface area contributed by atoms with Gasteiger partial charge in [-0.2, -0.15) is 5.26 Å². The molecule has 1 aliphatic heterocycles. The minimum atomic E-state index is -0.462. The minimum Gasteiger partial charge on any atom is -0.491 e. The van der Waals surface area contributed by atoms with Gasteiger partial charge in [-0.3, -0.25) is 0 Å². The maximum absolute atomic E-state index is 10.2. The van der Waals surface area contributed by atoms with Crippen molar-refractivity contribution >= 4 is 0 Å². The summed E-state index contributed by atoms with van der Waals surface area (Å²) >= 11 is 0. The summed E-state index contributed by atoms with van der Waals surface area (Å²) in [5.41, 5.74) is 2.80. The van der Waals surface area contributed by atoms with E-state index in [9.17, 15) is 5.11 Å². The van der Waals surface area contributed by atoms with E-state index >= 15 is 0 Å². The van der Waals surface area contributed by atoms with Gasteiger partial charge in [-0.15, -0.1) is 0 Å². The van der Waals surface area contributed by atoms with E-state index in [4.69, 9.17) is 10.00 Å². The summed E-state index contributed by atoms with van der Waals surface area (Å²) in [6.45, 7) is 3.16. The predicted octanol–water partition coefficient (Wildman–Crippen LogP) is 3.45. The molecular formula is C21H24N2O2. The molecule has 0 unspecified atom stereocenters. The molecule has 0 aliphatic carbocycles. The lowest BCUT2D eigenvalue weighted by Crippen LogP contribution is -2.38. The van der Waals surface area contributed by atoms with Crippen molar-refractivity contribution in [2.24, 2.45) is 0 Å². The maximum atomic E-state index is 10.2. The molecule has 0 amide bonds. The smallest absolute Gasteiger partial charge is 0.119 e. The molecule has 1 fully saturated rings. The molecule has 1 atom stereocenters. The Hall–Kier alpha value is -2.35. The molecule has 4 heteroatoms. The van der Waals surface area contributed by atoms with Crippen molar-refractivity contribution in [2.75, 3.05) is 26.2 Å². The number of aliphatic hydroxyl groups excluding tert-OH is 1. The molecule has 2 aromatic carbocycles. The lowest BCUT2D eigenvalue weighted by molar-refractivity contribution is 0.0617. The molecule has 1 heterocycles. The number of nitriles is 1. The van der Waals surface area contributed by atoms with Crippen LogP contribution in [0.5, 0.6) is 5.75 Å². The van der Waals surface area contributed by atoms with Gasteiger partial charge in [0, 0.05) is 6.54 Å². The molecule has 0 spiro atoms. The fourth-order valence-corrected chi connectivity index (χ4v) is 3.17. The number of rotatable bonds is 6. The number of ether oxygens (including phenoxy) is 1. The van der Waals surface area contributed by atoms with E-state index in [0.717, 1.165) is 30.0 Å². The van der Waals surface area contributed by atoms with Gasteiger partial charge in [-0.25, -0.2) is 0 Å². The summed E-state index contributed by atoms with van der Waals surface area (Å²) < 4.78 is 5.72. The molecular weight excluding hydrogens is 312 g/mol. The Morgan fingerprint density at radius 1 is 0.960 bits per heavy atom. The highest BCUT2D eigenvalue weighted by atomic mass is 16.5. The van der Waals surface area contributed by atoms with Crippen LogP contribution in [-0.4, -0.2) is 42.4 Å². The third kappa shape index (κ3) is 5.06. The highest BCUT2D eigenvalue weighted by Gasteiger charge is 2.15. The Labute approximate surface area is 149 Å². The van der Waals surface area contributed by atoms with Crippen molar-refractivity contribution in [1.29, 1.82) is 5.26 Å². The van der Waals surface area contributed by atoms with Crippen LogP contribution in [0.1, 0.15) is 24.8 Å². The second kappa shape index (κ2) is 8.66. The Morgan fingerprint density at radius 2 is 1.56 bits per heavy atom. The van der Waals surface area contributed by atoms with E-state index in [1.807, 2.05) is 48.5 Å². The van der Waals surface area contributed by atoms with Crippen LogP contribution in [0, 0.1) is 11.3 Å². The highest BCUT2D eigenvalue weighted by molar-refractivity contribution is 5.64. The molecule has 3 rings (SSSR count).